The maximum atomic E-state index is 4.74. The average molecular weight is 281 g/mol. The highest BCUT2D eigenvalue weighted by molar-refractivity contribution is 7.11. The highest BCUT2D eigenvalue weighted by Gasteiger charge is 2.26. The first-order chi connectivity index (χ1) is 8.99. The summed E-state index contributed by atoms with van der Waals surface area (Å²) in [5, 5.41) is 4.79. The van der Waals surface area contributed by atoms with Gasteiger partial charge in [0.2, 0.25) is 0 Å². The Morgan fingerprint density at radius 1 is 1.37 bits per heavy atom. The van der Waals surface area contributed by atoms with E-state index in [1.807, 2.05) is 11.3 Å². The minimum Gasteiger partial charge on any atom is -0.313 e. The molecular formula is C15H27N3S. The van der Waals surface area contributed by atoms with Gasteiger partial charge >= 0.3 is 0 Å². The van der Waals surface area contributed by atoms with Gasteiger partial charge in [-0.3, -0.25) is 4.90 Å². The molecule has 1 aromatic rings. The SMILES string of the molecule is Cc1nc(C(C)N(CC2CCCN2)C(C)C)c(C)s1. The second kappa shape index (κ2) is 6.33. The van der Waals surface area contributed by atoms with Crippen molar-refractivity contribution in [2.45, 2.75) is 65.6 Å². The molecule has 2 atom stereocenters. The molecule has 0 aliphatic carbocycles. The number of aromatic nitrogens is 1. The number of nitrogens with one attached hydrogen (secondary N) is 1. The first-order valence-corrected chi connectivity index (χ1v) is 8.23. The third kappa shape index (κ3) is 3.56. The summed E-state index contributed by atoms with van der Waals surface area (Å²) in [6, 6.07) is 1.62. The van der Waals surface area contributed by atoms with Gasteiger partial charge in [-0.1, -0.05) is 0 Å². The monoisotopic (exact) mass is 281 g/mol. The summed E-state index contributed by atoms with van der Waals surface area (Å²) >= 11 is 1.82. The van der Waals surface area contributed by atoms with Gasteiger partial charge in [0, 0.05) is 23.5 Å². The first-order valence-electron chi connectivity index (χ1n) is 7.42. The number of hydrogen-bond acceptors (Lipinski definition) is 4. The van der Waals surface area contributed by atoms with Crippen molar-refractivity contribution in [3.8, 4) is 0 Å². The van der Waals surface area contributed by atoms with Crippen LogP contribution in [0.15, 0.2) is 0 Å². The average Bonchev–Trinajstić information content (AvgIpc) is 2.94. The van der Waals surface area contributed by atoms with Crippen LogP contribution in [0.1, 0.15) is 55.2 Å². The molecule has 0 spiro atoms. The van der Waals surface area contributed by atoms with Crippen LogP contribution >= 0.6 is 11.3 Å². The molecule has 1 N–H and O–H groups in total. The fraction of sp³-hybridized carbons (Fsp3) is 0.800. The number of aryl methyl sites for hydroxylation is 2. The lowest BCUT2D eigenvalue weighted by Gasteiger charge is -2.34. The van der Waals surface area contributed by atoms with E-state index in [9.17, 15) is 0 Å². The van der Waals surface area contributed by atoms with Crippen molar-refractivity contribution in [1.82, 2.24) is 15.2 Å². The highest BCUT2D eigenvalue weighted by Crippen LogP contribution is 2.28. The molecule has 2 heterocycles. The molecule has 0 radical (unpaired) electrons. The van der Waals surface area contributed by atoms with Gasteiger partial charge in [-0.15, -0.1) is 11.3 Å². The molecule has 1 saturated heterocycles. The summed E-state index contributed by atoms with van der Waals surface area (Å²) in [5.41, 5.74) is 1.27. The summed E-state index contributed by atoms with van der Waals surface area (Å²) in [5.74, 6) is 0. The van der Waals surface area contributed by atoms with Crippen molar-refractivity contribution in [1.29, 1.82) is 0 Å². The molecule has 108 valence electrons. The lowest BCUT2D eigenvalue weighted by Crippen LogP contribution is -2.42. The molecule has 1 aliphatic rings. The van der Waals surface area contributed by atoms with Crippen LogP contribution in [0.2, 0.25) is 0 Å². The van der Waals surface area contributed by atoms with Crippen LogP contribution in [0.25, 0.3) is 0 Å². The van der Waals surface area contributed by atoms with E-state index in [2.05, 4.69) is 44.8 Å². The Morgan fingerprint density at radius 2 is 2.11 bits per heavy atom. The van der Waals surface area contributed by atoms with E-state index in [0.717, 1.165) is 6.54 Å². The Kier molecular flexibility index (Phi) is 4.98. The number of nitrogens with zero attached hydrogens (tertiary/aromatic N) is 2. The zero-order valence-corrected chi connectivity index (χ0v) is 13.7. The Bertz CT molecular complexity index is 408. The lowest BCUT2D eigenvalue weighted by molar-refractivity contribution is 0.147. The minimum absolute atomic E-state index is 0.410. The molecule has 3 nitrogen and oxygen atoms in total. The number of thiazole rings is 1. The normalized spacial score (nSPS) is 21.5. The van der Waals surface area contributed by atoms with Gasteiger partial charge < -0.3 is 5.32 Å². The molecule has 2 unspecified atom stereocenters. The molecule has 4 heteroatoms. The van der Waals surface area contributed by atoms with E-state index >= 15 is 0 Å². The third-order valence-electron chi connectivity index (χ3n) is 4.09. The first kappa shape index (κ1) is 14.9. The Labute approximate surface area is 121 Å². The van der Waals surface area contributed by atoms with Gasteiger partial charge in [0.05, 0.1) is 16.7 Å². The second-order valence-electron chi connectivity index (χ2n) is 5.93. The molecule has 19 heavy (non-hydrogen) atoms. The van der Waals surface area contributed by atoms with Crippen LogP contribution in [-0.4, -0.2) is 35.1 Å². The molecular weight excluding hydrogens is 254 g/mol. The summed E-state index contributed by atoms with van der Waals surface area (Å²) < 4.78 is 0. The molecule has 0 amide bonds. The van der Waals surface area contributed by atoms with Crippen LogP contribution in [-0.2, 0) is 0 Å². The van der Waals surface area contributed by atoms with Gasteiger partial charge in [-0.2, -0.15) is 0 Å². The highest BCUT2D eigenvalue weighted by atomic mass is 32.1. The molecule has 1 aromatic heterocycles. The van der Waals surface area contributed by atoms with Crippen LogP contribution in [0.3, 0.4) is 0 Å². The summed E-state index contributed by atoms with van der Waals surface area (Å²) in [7, 11) is 0. The molecule has 2 rings (SSSR count). The van der Waals surface area contributed by atoms with Crippen LogP contribution < -0.4 is 5.32 Å². The topological polar surface area (TPSA) is 28.2 Å². The van der Waals surface area contributed by atoms with Crippen LogP contribution in [0, 0.1) is 13.8 Å². The van der Waals surface area contributed by atoms with Gasteiger partial charge in [-0.05, 0) is 54.0 Å². The summed E-state index contributed by atoms with van der Waals surface area (Å²) in [6.07, 6.45) is 2.63. The second-order valence-corrected chi connectivity index (χ2v) is 7.34. The van der Waals surface area contributed by atoms with Gasteiger partial charge in [0.15, 0.2) is 0 Å². The van der Waals surface area contributed by atoms with Gasteiger partial charge in [-0.25, -0.2) is 4.98 Å². The van der Waals surface area contributed by atoms with E-state index in [0.29, 0.717) is 18.1 Å². The standard InChI is InChI=1S/C15H27N3S/c1-10(2)18(9-14-7-6-8-16-14)11(3)15-12(4)19-13(5)17-15/h10-11,14,16H,6-9H2,1-5H3. The fourth-order valence-electron chi connectivity index (χ4n) is 3.07. The van der Waals surface area contributed by atoms with Crippen molar-refractivity contribution in [2.75, 3.05) is 13.1 Å². The summed E-state index contributed by atoms with van der Waals surface area (Å²) in [4.78, 5) is 8.70. The van der Waals surface area contributed by atoms with Crippen molar-refractivity contribution in [3.05, 3.63) is 15.6 Å². The van der Waals surface area contributed by atoms with Crippen LogP contribution in [0.5, 0.6) is 0 Å². The number of hydrogen-bond donors (Lipinski definition) is 1. The Balaban J connectivity index is 2.11. The van der Waals surface area contributed by atoms with Crippen LogP contribution in [0.4, 0.5) is 0 Å². The quantitative estimate of drug-likeness (QED) is 0.897. The molecule has 0 aromatic carbocycles. The molecule has 0 saturated carbocycles. The van der Waals surface area contributed by atoms with E-state index in [1.165, 1.54) is 35.0 Å². The van der Waals surface area contributed by atoms with Crippen molar-refractivity contribution in [3.63, 3.8) is 0 Å². The predicted octanol–water partition coefficient (Wildman–Crippen LogP) is 3.28. The van der Waals surface area contributed by atoms with E-state index < -0.39 is 0 Å². The fourth-order valence-corrected chi connectivity index (χ4v) is 3.98. The van der Waals surface area contributed by atoms with E-state index in [4.69, 9.17) is 4.98 Å². The Morgan fingerprint density at radius 3 is 2.58 bits per heavy atom. The smallest absolute Gasteiger partial charge is 0.0900 e. The molecule has 0 bridgehead atoms. The van der Waals surface area contributed by atoms with E-state index in [1.54, 1.807) is 0 Å². The summed E-state index contributed by atoms with van der Waals surface area (Å²) in [6.45, 7) is 13.5. The maximum absolute atomic E-state index is 4.74. The third-order valence-corrected chi connectivity index (χ3v) is 4.99. The predicted molar refractivity (Wildman–Crippen MR) is 82.9 cm³/mol. The number of rotatable bonds is 5. The van der Waals surface area contributed by atoms with Crippen molar-refractivity contribution >= 4 is 11.3 Å². The lowest BCUT2D eigenvalue weighted by atomic mass is 10.1. The minimum atomic E-state index is 0.410. The molecule has 1 aliphatic heterocycles. The maximum Gasteiger partial charge on any atom is 0.0900 e. The van der Waals surface area contributed by atoms with Gasteiger partial charge in [0.1, 0.15) is 0 Å². The van der Waals surface area contributed by atoms with Crippen molar-refractivity contribution < 1.29 is 0 Å². The van der Waals surface area contributed by atoms with Gasteiger partial charge in [0.25, 0.3) is 0 Å². The zero-order chi connectivity index (χ0) is 14.0. The van der Waals surface area contributed by atoms with Crippen molar-refractivity contribution in [2.24, 2.45) is 0 Å². The molecule has 1 fully saturated rings. The largest absolute Gasteiger partial charge is 0.313 e. The van der Waals surface area contributed by atoms with E-state index in [-0.39, 0.29) is 0 Å². The Hall–Kier alpha value is -0.450. The zero-order valence-electron chi connectivity index (χ0n) is 12.9.